The molecule has 0 amide bonds. The highest BCUT2D eigenvalue weighted by molar-refractivity contribution is 7.82. The van der Waals surface area contributed by atoms with Gasteiger partial charge < -0.3 is 14.4 Å². The highest BCUT2D eigenvalue weighted by Crippen LogP contribution is 2.26. The summed E-state index contributed by atoms with van der Waals surface area (Å²) in [6.07, 6.45) is 3.45. The van der Waals surface area contributed by atoms with Crippen LogP contribution in [0, 0.1) is 13.8 Å². The Hall–Kier alpha value is -1.96. The molecule has 1 atom stereocenters. The normalized spacial score (nSPS) is 15.5. The number of esters is 1. The van der Waals surface area contributed by atoms with E-state index in [1.54, 1.807) is 6.92 Å². The van der Waals surface area contributed by atoms with Crippen LogP contribution < -0.4 is 0 Å². The highest BCUT2D eigenvalue weighted by atomic mass is 32.2. The van der Waals surface area contributed by atoms with E-state index in [4.69, 9.17) is 4.74 Å². The van der Waals surface area contributed by atoms with Crippen molar-refractivity contribution >= 4 is 17.0 Å². The number of carbonyl (C=O) groups is 1. The predicted molar refractivity (Wildman–Crippen MR) is 118 cm³/mol. The van der Waals surface area contributed by atoms with E-state index in [1.807, 2.05) is 47.0 Å². The van der Waals surface area contributed by atoms with E-state index in [0.717, 1.165) is 65.3 Å². The number of aliphatic hydroxyl groups excluding tert-OH is 1. The van der Waals surface area contributed by atoms with E-state index in [9.17, 15) is 14.1 Å². The maximum atomic E-state index is 12.7. The fourth-order valence-electron chi connectivity index (χ4n) is 4.18. The van der Waals surface area contributed by atoms with E-state index < -0.39 is 11.0 Å². The average molecular weight is 433 g/mol. The number of aromatic nitrogens is 1. The summed E-state index contributed by atoms with van der Waals surface area (Å²) in [7, 11) is -1.08. The zero-order valence-corrected chi connectivity index (χ0v) is 19.0. The molecule has 0 spiro atoms. The van der Waals surface area contributed by atoms with Crippen molar-refractivity contribution in [3.8, 4) is 0 Å². The summed E-state index contributed by atoms with van der Waals surface area (Å²) in [5.41, 5.74) is 5.40. The number of benzene rings is 1. The SMILES string of the molecule is CCOC(=O)Cn1c(C)c(Cc2ccc(S(=O)N3CCCC3)cc2)c(C)c1CCO. The van der Waals surface area contributed by atoms with Crippen molar-refractivity contribution in [2.45, 2.75) is 57.9 Å². The number of rotatable bonds is 9. The van der Waals surface area contributed by atoms with Gasteiger partial charge in [0.2, 0.25) is 0 Å². The van der Waals surface area contributed by atoms with Gasteiger partial charge in [0.1, 0.15) is 17.5 Å². The van der Waals surface area contributed by atoms with Crippen LogP contribution in [0.25, 0.3) is 0 Å². The number of nitrogens with zero attached hydrogens (tertiary/aromatic N) is 2. The van der Waals surface area contributed by atoms with Gasteiger partial charge in [0, 0.05) is 37.5 Å². The number of carbonyl (C=O) groups excluding carboxylic acids is 1. The van der Waals surface area contributed by atoms with Gasteiger partial charge >= 0.3 is 5.97 Å². The number of hydrogen-bond donors (Lipinski definition) is 1. The molecule has 2 aromatic rings. The minimum Gasteiger partial charge on any atom is -0.465 e. The van der Waals surface area contributed by atoms with Gasteiger partial charge in [0.15, 0.2) is 0 Å². The summed E-state index contributed by atoms with van der Waals surface area (Å²) in [5.74, 6) is -0.268. The molecule has 0 radical (unpaired) electrons. The van der Waals surface area contributed by atoms with Crippen LogP contribution in [-0.4, -0.2) is 50.5 Å². The van der Waals surface area contributed by atoms with E-state index in [2.05, 4.69) is 0 Å². The van der Waals surface area contributed by atoms with Crippen LogP contribution in [0.5, 0.6) is 0 Å². The zero-order valence-electron chi connectivity index (χ0n) is 18.1. The Labute approximate surface area is 181 Å². The molecular formula is C23H32N2O4S. The lowest BCUT2D eigenvalue weighted by Crippen LogP contribution is -2.21. The zero-order chi connectivity index (χ0) is 21.7. The van der Waals surface area contributed by atoms with Crippen LogP contribution in [0.1, 0.15) is 47.8 Å². The van der Waals surface area contributed by atoms with Gasteiger partial charge in [-0.2, -0.15) is 0 Å². The van der Waals surface area contributed by atoms with Crippen molar-refractivity contribution in [2.24, 2.45) is 0 Å². The molecule has 0 saturated carbocycles. The monoisotopic (exact) mass is 432 g/mol. The van der Waals surface area contributed by atoms with Crippen molar-refractivity contribution in [3.63, 3.8) is 0 Å². The average Bonchev–Trinajstić information content (AvgIpc) is 3.34. The largest absolute Gasteiger partial charge is 0.465 e. The summed E-state index contributed by atoms with van der Waals surface area (Å²) in [6, 6.07) is 7.99. The topological polar surface area (TPSA) is 71.8 Å². The molecule has 1 aliphatic heterocycles. The first-order valence-corrected chi connectivity index (χ1v) is 11.8. The van der Waals surface area contributed by atoms with Crippen molar-refractivity contribution in [2.75, 3.05) is 26.3 Å². The van der Waals surface area contributed by atoms with E-state index in [1.165, 1.54) is 0 Å². The Morgan fingerprint density at radius 2 is 1.83 bits per heavy atom. The molecule has 1 aliphatic rings. The lowest BCUT2D eigenvalue weighted by molar-refractivity contribution is -0.143. The molecule has 1 unspecified atom stereocenters. The predicted octanol–water partition coefficient (Wildman–Crippen LogP) is 2.91. The third-order valence-electron chi connectivity index (χ3n) is 5.80. The number of ether oxygens (including phenoxy) is 1. The third-order valence-corrected chi connectivity index (χ3v) is 7.31. The van der Waals surface area contributed by atoms with E-state index >= 15 is 0 Å². The lowest BCUT2D eigenvalue weighted by Gasteiger charge is -2.14. The maximum absolute atomic E-state index is 12.7. The van der Waals surface area contributed by atoms with Crippen LogP contribution in [0.4, 0.5) is 0 Å². The van der Waals surface area contributed by atoms with Gasteiger partial charge in [-0.15, -0.1) is 0 Å². The molecule has 1 fully saturated rings. The van der Waals surface area contributed by atoms with Crippen LogP contribution in [0.15, 0.2) is 29.2 Å². The quantitative estimate of drug-likeness (QED) is 0.619. The summed E-state index contributed by atoms with van der Waals surface area (Å²) >= 11 is 0. The Morgan fingerprint density at radius 1 is 1.17 bits per heavy atom. The van der Waals surface area contributed by atoms with Crippen LogP contribution in [0.2, 0.25) is 0 Å². The van der Waals surface area contributed by atoms with Gasteiger partial charge in [-0.3, -0.25) is 4.79 Å². The van der Waals surface area contributed by atoms with Gasteiger partial charge in [0.25, 0.3) is 0 Å². The smallest absolute Gasteiger partial charge is 0.325 e. The van der Waals surface area contributed by atoms with Crippen molar-refractivity contribution in [1.82, 2.24) is 8.87 Å². The van der Waals surface area contributed by atoms with Gasteiger partial charge in [-0.25, -0.2) is 8.51 Å². The third kappa shape index (κ3) is 5.02. The molecule has 0 aliphatic carbocycles. The molecule has 1 saturated heterocycles. The van der Waals surface area contributed by atoms with Crippen LogP contribution in [0.3, 0.4) is 0 Å². The molecule has 0 bridgehead atoms. The second kappa shape index (κ2) is 10.4. The lowest BCUT2D eigenvalue weighted by atomic mass is 10.0. The Balaban J connectivity index is 1.81. The first kappa shape index (κ1) is 22.7. The summed E-state index contributed by atoms with van der Waals surface area (Å²) in [5, 5.41) is 9.51. The van der Waals surface area contributed by atoms with Crippen molar-refractivity contribution in [1.29, 1.82) is 0 Å². The summed E-state index contributed by atoms with van der Waals surface area (Å²) in [4.78, 5) is 12.9. The first-order chi connectivity index (χ1) is 14.5. The number of aliphatic hydroxyl groups is 1. The van der Waals surface area contributed by atoms with Crippen LogP contribution >= 0.6 is 0 Å². The Morgan fingerprint density at radius 3 is 2.43 bits per heavy atom. The van der Waals surface area contributed by atoms with Crippen molar-refractivity contribution in [3.05, 3.63) is 52.3 Å². The molecule has 1 aromatic heterocycles. The Bertz CT molecular complexity index is 899. The molecule has 1 N–H and O–H groups in total. The molecular weight excluding hydrogens is 400 g/mol. The molecule has 6 nitrogen and oxygen atoms in total. The van der Waals surface area contributed by atoms with Gasteiger partial charge in [-0.1, -0.05) is 12.1 Å². The second-order valence-electron chi connectivity index (χ2n) is 7.71. The Kier molecular flexibility index (Phi) is 7.86. The molecule has 164 valence electrons. The first-order valence-electron chi connectivity index (χ1n) is 10.7. The van der Waals surface area contributed by atoms with Crippen molar-refractivity contribution < 1.29 is 18.8 Å². The fourth-order valence-corrected chi connectivity index (χ4v) is 5.44. The maximum Gasteiger partial charge on any atom is 0.325 e. The molecule has 1 aromatic carbocycles. The minimum absolute atomic E-state index is 0.0313. The fraction of sp³-hybridized carbons (Fsp3) is 0.522. The summed E-state index contributed by atoms with van der Waals surface area (Å²) < 4.78 is 21.8. The van der Waals surface area contributed by atoms with E-state index in [-0.39, 0.29) is 19.1 Å². The highest BCUT2D eigenvalue weighted by Gasteiger charge is 2.21. The summed E-state index contributed by atoms with van der Waals surface area (Å²) in [6.45, 7) is 8.19. The molecule has 3 rings (SSSR count). The molecule has 30 heavy (non-hydrogen) atoms. The standard InChI is InChI=1S/C23H32N2O4S/c1-4-29-23(27)16-25-18(3)21(17(2)22(25)11-14-26)15-19-7-9-20(10-8-19)30(28)24-12-5-6-13-24/h7-10,26H,4-6,11-16H2,1-3H3. The van der Waals surface area contributed by atoms with Crippen LogP contribution in [-0.2, 0) is 39.9 Å². The molecule has 2 heterocycles. The second-order valence-corrected chi connectivity index (χ2v) is 9.19. The van der Waals surface area contributed by atoms with Gasteiger partial charge in [0.05, 0.1) is 11.5 Å². The molecule has 7 heteroatoms. The minimum atomic E-state index is -1.08. The van der Waals surface area contributed by atoms with E-state index in [0.29, 0.717) is 13.0 Å². The number of hydrogen-bond acceptors (Lipinski definition) is 4. The van der Waals surface area contributed by atoms with Gasteiger partial charge in [-0.05, 0) is 68.9 Å².